The van der Waals surface area contributed by atoms with Gasteiger partial charge >= 0.3 is 0 Å². The van der Waals surface area contributed by atoms with Crippen molar-refractivity contribution in [2.75, 3.05) is 11.9 Å². The Morgan fingerprint density at radius 1 is 1.10 bits per heavy atom. The number of carbonyl (C=O) groups excluding carboxylic acids is 1. The molecule has 2 nitrogen and oxygen atoms in total. The lowest BCUT2D eigenvalue weighted by Gasteiger charge is -2.11. The minimum Gasteiger partial charge on any atom is -0.384 e. The summed E-state index contributed by atoms with van der Waals surface area (Å²) in [6, 6.07) is 7.65. The van der Waals surface area contributed by atoms with Gasteiger partial charge in [0.05, 0.1) is 5.56 Å². The van der Waals surface area contributed by atoms with E-state index in [0.29, 0.717) is 24.2 Å². The van der Waals surface area contributed by atoms with Gasteiger partial charge in [-0.1, -0.05) is 12.1 Å². The quantitative estimate of drug-likeness (QED) is 0.845. The summed E-state index contributed by atoms with van der Waals surface area (Å²) in [6.45, 7) is 1.58. The summed E-state index contributed by atoms with van der Waals surface area (Å²) >= 11 is 0. The van der Waals surface area contributed by atoms with Crippen molar-refractivity contribution in [1.29, 1.82) is 0 Å². The summed E-state index contributed by atoms with van der Waals surface area (Å²) in [5.41, 5.74) is 0.701. The van der Waals surface area contributed by atoms with E-state index in [0.717, 1.165) is 6.07 Å². The van der Waals surface area contributed by atoms with Crippen LogP contribution in [0.25, 0.3) is 0 Å². The number of Topliss-reactive ketones (excluding diaryl/α,β-unsaturated/α-hetero) is 1. The van der Waals surface area contributed by atoms with Crippen molar-refractivity contribution in [3.63, 3.8) is 0 Å². The van der Waals surface area contributed by atoms with E-state index >= 15 is 0 Å². The molecule has 0 unspecified atom stereocenters. The van der Waals surface area contributed by atoms with Crippen LogP contribution in [-0.2, 0) is 6.42 Å². The maximum absolute atomic E-state index is 13.6. The van der Waals surface area contributed by atoms with Gasteiger partial charge in [0, 0.05) is 18.3 Å². The molecule has 0 spiro atoms. The van der Waals surface area contributed by atoms with E-state index in [4.69, 9.17) is 0 Å². The first kappa shape index (κ1) is 15.1. The van der Waals surface area contributed by atoms with Crippen molar-refractivity contribution in [3.05, 3.63) is 65.0 Å². The third-order valence-corrected chi connectivity index (χ3v) is 3.09. The molecule has 0 atom stereocenters. The van der Waals surface area contributed by atoms with Gasteiger partial charge in [0.2, 0.25) is 0 Å². The molecule has 0 aliphatic heterocycles. The molecule has 21 heavy (non-hydrogen) atoms. The number of benzene rings is 2. The highest BCUT2D eigenvalue weighted by Crippen LogP contribution is 2.20. The molecule has 1 N–H and O–H groups in total. The Labute approximate surface area is 120 Å². The van der Waals surface area contributed by atoms with E-state index < -0.39 is 17.5 Å². The van der Waals surface area contributed by atoms with Crippen molar-refractivity contribution in [1.82, 2.24) is 0 Å². The molecule has 2 rings (SSSR count). The molecule has 0 saturated carbocycles. The van der Waals surface area contributed by atoms with Crippen LogP contribution >= 0.6 is 0 Å². The lowest BCUT2D eigenvalue weighted by molar-refractivity contribution is 0.101. The largest absolute Gasteiger partial charge is 0.384 e. The van der Waals surface area contributed by atoms with E-state index in [-0.39, 0.29) is 11.3 Å². The van der Waals surface area contributed by atoms with Crippen LogP contribution in [0.2, 0.25) is 0 Å². The predicted molar refractivity (Wildman–Crippen MR) is 75.0 cm³/mol. The number of hydrogen-bond acceptors (Lipinski definition) is 2. The second-order valence-electron chi connectivity index (χ2n) is 4.63. The van der Waals surface area contributed by atoms with E-state index in [1.54, 1.807) is 6.07 Å². The number of rotatable bonds is 5. The highest BCUT2D eigenvalue weighted by atomic mass is 19.1. The number of anilines is 1. The van der Waals surface area contributed by atoms with E-state index in [2.05, 4.69) is 5.32 Å². The Morgan fingerprint density at radius 2 is 1.86 bits per heavy atom. The highest BCUT2D eigenvalue weighted by Gasteiger charge is 2.12. The van der Waals surface area contributed by atoms with Crippen LogP contribution in [0.15, 0.2) is 36.4 Å². The van der Waals surface area contributed by atoms with Gasteiger partial charge in [-0.05, 0) is 37.1 Å². The second kappa shape index (κ2) is 6.43. The van der Waals surface area contributed by atoms with Crippen molar-refractivity contribution in [2.24, 2.45) is 0 Å². The number of nitrogens with one attached hydrogen (secondary N) is 1. The van der Waals surface area contributed by atoms with Crippen molar-refractivity contribution >= 4 is 11.5 Å². The van der Waals surface area contributed by atoms with Crippen molar-refractivity contribution in [3.8, 4) is 0 Å². The molecular formula is C16H14F3NO. The lowest BCUT2D eigenvalue weighted by atomic mass is 10.1. The van der Waals surface area contributed by atoms with Gasteiger partial charge in [-0.25, -0.2) is 13.2 Å². The molecule has 0 saturated heterocycles. The fourth-order valence-electron chi connectivity index (χ4n) is 2.09. The third-order valence-electron chi connectivity index (χ3n) is 3.09. The van der Waals surface area contributed by atoms with Crippen molar-refractivity contribution in [2.45, 2.75) is 13.3 Å². The Bertz CT molecular complexity index is 671. The molecule has 0 fully saturated rings. The minimum atomic E-state index is -0.631. The molecule has 0 aliphatic rings. The van der Waals surface area contributed by atoms with Crippen LogP contribution in [0.1, 0.15) is 22.8 Å². The van der Waals surface area contributed by atoms with Gasteiger partial charge in [0.1, 0.15) is 17.5 Å². The fraction of sp³-hybridized carbons (Fsp3) is 0.188. The topological polar surface area (TPSA) is 29.1 Å². The monoisotopic (exact) mass is 293 g/mol. The molecule has 0 heterocycles. The average Bonchev–Trinajstić information content (AvgIpc) is 2.41. The standard InChI is InChI=1S/C16H14F3NO/c1-10(21)16-13(18)3-2-4-15(16)20-8-7-11-5-6-12(17)9-14(11)19/h2-6,9,20H,7-8H2,1H3. The fourth-order valence-corrected chi connectivity index (χ4v) is 2.09. The smallest absolute Gasteiger partial charge is 0.164 e. The number of hydrogen-bond donors (Lipinski definition) is 1. The van der Waals surface area contributed by atoms with Crippen LogP contribution in [0.4, 0.5) is 18.9 Å². The first-order valence-corrected chi connectivity index (χ1v) is 6.46. The maximum atomic E-state index is 13.6. The van der Waals surface area contributed by atoms with Crippen LogP contribution < -0.4 is 5.32 Å². The van der Waals surface area contributed by atoms with Gasteiger partial charge < -0.3 is 5.32 Å². The van der Waals surface area contributed by atoms with E-state index in [1.165, 1.54) is 31.2 Å². The number of carbonyl (C=O) groups is 1. The van der Waals surface area contributed by atoms with Gasteiger partial charge in [-0.15, -0.1) is 0 Å². The van der Waals surface area contributed by atoms with Gasteiger partial charge in [0.15, 0.2) is 5.78 Å². The molecule has 0 radical (unpaired) electrons. The predicted octanol–water partition coefficient (Wildman–Crippen LogP) is 3.96. The zero-order valence-corrected chi connectivity index (χ0v) is 11.4. The molecule has 110 valence electrons. The van der Waals surface area contributed by atoms with Crippen LogP contribution in [-0.4, -0.2) is 12.3 Å². The van der Waals surface area contributed by atoms with E-state index in [9.17, 15) is 18.0 Å². The summed E-state index contributed by atoms with van der Waals surface area (Å²) in [5, 5.41) is 2.90. The molecule has 0 bridgehead atoms. The summed E-state index contributed by atoms with van der Waals surface area (Å²) in [6.07, 6.45) is 0.292. The first-order chi connectivity index (χ1) is 9.99. The Balaban J connectivity index is 2.07. The van der Waals surface area contributed by atoms with Gasteiger partial charge in [0.25, 0.3) is 0 Å². The SMILES string of the molecule is CC(=O)c1c(F)cccc1NCCc1ccc(F)cc1F. The zero-order valence-electron chi connectivity index (χ0n) is 11.4. The minimum absolute atomic E-state index is 0.0166. The van der Waals surface area contributed by atoms with Crippen LogP contribution in [0.5, 0.6) is 0 Å². The zero-order chi connectivity index (χ0) is 15.4. The lowest BCUT2D eigenvalue weighted by Crippen LogP contribution is -2.10. The molecule has 2 aromatic rings. The number of halogens is 3. The maximum Gasteiger partial charge on any atom is 0.164 e. The van der Waals surface area contributed by atoms with Crippen LogP contribution in [0.3, 0.4) is 0 Å². The van der Waals surface area contributed by atoms with E-state index in [1.807, 2.05) is 0 Å². The molecule has 0 amide bonds. The Hall–Kier alpha value is -2.30. The highest BCUT2D eigenvalue weighted by molar-refractivity contribution is 5.99. The molecular weight excluding hydrogens is 279 g/mol. The van der Waals surface area contributed by atoms with Crippen molar-refractivity contribution < 1.29 is 18.0 Å². The first-order valence-electron chi connectivity index (χ1n) is 6.46. The Kier molecular flexibility index (Phi) is 4.62. The van der Waals surface area contributed by atoms with Crippen LogP contribution in [0, 0.1) is 17.5 Å². The number of ketones is 1. The second-order valence-corrected chi connectivity index (χ2v) is 4.63. The third kappa shape index (κ3) is 3.62. The molecule has 2 aromatic carbocycles. The summed E-state index contributed by atoms with van der Waals surface area (Å²) in [7, 11) is 0. The summed E-state index contributed by atoms with van der Waals surface area (Å²) < 4.78 is 39.8. The molecule has 0 aromatic heterocycles. The van der Waals surface area contributed by atoms with Gasteiger partial charge in [-0.2, -0.15) is 0 Å². The summed E-state index contributed by atoms with van der Waals surface area (Å²) in [5.74, 6) is -2.24. The summed E-state index contributed by atoms with van der Waals surface area (Å²) in [4.78, 5) is 11.4. The van der Waals surface area contributed by atoms with Gasteiger partial charge in [-0.3, -0.25) is 4.79 Å². The normalized spacial score (nSPS) is 10.5. The Morgan fingerprint density at radius 3 is 2.52 bits per heavy atom. The average molecular weight is 293 g/mol. The molecule has 0 aliphatic carbocycles. The molecule has 5 heteroatoms.